The van der Waals surface area contributed by atoms with E-state index in [-0.39, 0.29) is 5.15 Å². The third kappa shape index (κ3) is 2.83. The van der Waals surface area contributed by atoms with Crippen LogP contribution in [0.3, 0.4) is 0 Å². The highest BCUT2D eigenvalue weighted by atomic mass is 35.5. The van der Waals surface area contributed by atoms with Gasteiger partial charge in [-0.3, -0.25) is 0 Å². The Labute approximate surface area is 113 Å². The van der Waals surface area contributed by atoms with Crippen molar-refractivity contribution in [1.82, 2.24) is 4.98 Å². The molecule has 1 aromatic heterocycles. The molecule has 0 atom stereocenters. The number of aromatic nitrogens is 1. The Morgan fingerprint density at radius 3 is 2.31 bits per heavy atom. The Morgan fingerprint density at radius 1 is 0.938 bits per heavy atom. The van der Waals surface area contributed by atoms with Crippen LogP contribution in [-0.4, -0.2) is 4.98 Å². The van der Waals surface area contributed by atoms with Gasteiger partial charge in [0, 0.05) is 4.90 Å². The van der Waals surface area contributed by atoms with Gasteiger partial charge in [0.25, 0.3) is 0 Å². The maximum Gasteiger partial charge on any atom is 0.149 e. The molecule has 0 radical (unpaired) electrons. The third-order valence-electron chi connectivity index (χ3n) is 1.81. The van der Waals surface area contributed by atoms with E-state index in [2.05, 4.69) is 4.98 Å². The molecular formula is C11H6Cl3NS. The first-order valence-corrected chi connectivity index (χ1v) is 6.36. The number of benzene rings is 1. The van der Waals surface area contributed by atoms with Crippen molar-refractivity contribution >= 4 is 46.6 Å². The van der Waals surface area contributed by atoms with Gasteiger partial charge in [-0.15, -0.1) is 0 Å². The summed E-state index contributed by atoms with van der Waals surface area (Å²) in [6.07, 6.45) is 0. The van der Waals surface area contributed by atoms with Crippen LogP contribution in [0.4, 0.5) is 0 Å². The van der Waals surface area contributed by atoms with E-state index in [1.165, 1.54) is 11.8 Å². The van der Waals surface area contributed by atoms with E-state index >= 15 is 0 Å². The Hall–Kier alpha value is -0.410. The van der Waals surface area contributed by atoms with Crippen molar-refractivity contribution in [2.45, 2.75) is 9.92 Å². The molecule has 0 aliphatic rings. The lowest BCUT2D eigenvalue weighted by Crippen LogP contribution is -1.84. The van der Waals surface area contributed by atoms with Crippen molar-refractivity contribution in [2.75, 3.05) is 0 Å². The number of rotatable bonds is 2. The van der Waals surface area contributed by atoms with Gasteiger partial charge in [0.1, 0.15) is 10.2 Å². The van der Waals surface area contributed by atoms with Crippen LogP contribution in [0, 0.1) is 0 Å². The van der Waals surface area contributed by atoms with Crippen molar-refractivity contribution < 1.29 is 0 Å². The van der Waals surface area contributed by atoms with Crippen molar-refractivity contribution in [3.63, 3.8) is 0 Å². The van der Waals surface area contributed by atoms with Gasteiger partial charge in [-0.25, -0.2) is 4.98 Å². The summed E-state index contributed by atoms with van der Waals surface area (Å²) in [5, 5.41) is 1.79. The largest absolute Gasteiger partial charge is 0.226 e. The van der Waals surface area contributed by atoms with Gasteiger partial charge in [-0.1, -0.05) is 64.8 Å². The van der Waals surface area contributed by atoms with E-state index in [0.717, 1.165) is 4.90 Å². The molecule has 0 aliphatic heterocycles. The molecule has 16 heavy (non-hydrogen) atoms. The summed E-state index contributed by atoms with van der Waals surface area (Å²) in [6, 6.07) is 11.4. The highest BCUT2D eigenvalue weighted by Gasteiger charge is 2.08. The van der Waals surface area contributed by atoms with Crippen LogP contribution in [0.2, 0.25) is 15.2 Å². The maximum absolute atomic E-state index is 6.02. The summed E-state index contributed by atoms with van der Waals surface area (Å²) in [7, 11) is 0. The highest BCUT2D eigenvalue weighted by Crippen LogP contribution is 2.35. The molecule has 82 valence electrons. The molecule has 0 N–H and O–H groups in total. The van der Waals surface area contributed by atoms with Crippen LogP contribution in [0.5, 0.6) is 0 Å². The van der Waals surface area contributed by atoms with Crippen LogP contribution in [0.1, 0.15) is 0 Å². The summed E-state index contributed by atoms with van der Waals surface area (Å²) in [4.78, 5) is 5.18. The van der Waals surface area contributed by atoms with Gasteiger partial charge >= 0.3 is 0 Å². The second kappa shape index (κ2) is 5.28. The molecule has 0 aliphatic carbocycles. The van der Waals surface area contributed by atoms with Crippen molar-refractivity contribution in [3.05, 3.63) is 51.6 Å². The zero-order valence-corrected chi connectivity index (χ0v) is 11.0. The molecule has 0 unspecified atom stereocenters. The average Bonchev–Trinajstić information content (AvgIpc) is 2.27. The standard InChI is InChI=1S/C11H6Cl3NS/c12-8-6-9(13)11(15-10(8)14)16-7-4-2-1-3-5-7/h1-6H. The molecule has 1 nitrogen and oxygen atoms in total. The monoisotopic (exact) mass is 289 g/mol. The number of hydrogen-bond donors (Lipinski definition) is 0. The molecule has 0 saturated carbocycles. The van der Waals surface area contributed by atoms with Crippen LogP contribution >= 0.6 is 46.6 Å². The van der Waals surface area contributed by atoms with Gasteiger partial charge < -0.3 is 0 Å². The molecule has 0 amide bonds. The highest BCUT2D eigenvalue weighted by molar-refractivity contribution is 7.99. The second-order valence-corrected chi connectivity index (χ2v) is 5.20. The molecule has 2 rings (SSSR count). The van der Waals surface area contributed by atoms with Crippen LogP contribution in [0.15, 0.2) is 46.3 Å². The van der Waals surface area contributed by atoms with E-state index in [9.17, 15) is 0 Å². The smallest absolute Gasteiger partial charge is 0.149 e. The zero-order chi connectivity index (χ0) is 11.5. The fourth-order valence-electron chi connectivity index (χ4n) is 1.10. The topological polar surface area (TPSA) is 12.9 Å². The van der Waals surface area contributed by atoms with E-state index in [4.69, 9.17) is 34.8 Å². The Kier molecular flexibility index (Phi) is 3.98. The molecule has 0 bridgehead atoms. The first kappa shape index (κ1) is 12.1. The Bertz CT molecular complexity index is 502. The molecule has 2 aromatic rings. The summed E-state index contributed by atoms with van der Waals surface area (Å²) in [5.41, 5.74) is 0. The number of pyridine rings is 1. The molecule has 0 saturated heterocycles. The molecule has 0 fully saturated rings. The Balaban J connectivity index is 2.32. The van der Waals surface area contributed by atoms with Crippen molar-refractivity contribution in [2.24, 2.45) is 0 Å². The van der Waals surface area contributed by atoms with Crippen molar-refractivity contribution in [1.29, 1.82) is 0 Å². The number of halogens is 3. The fourth-order valence-corrected chi connectivity index (χ4v) is 2.57. The summed E-state index contributed by atoms with van der Waals surface area (Å²) >= 11 is 19.1. The van der Waals surface area contributed by atoms with Crippen LogP contribution < -0.4 is 0 Å². The first-order chi connectivity index (χ1) is 7.66. The van der Waals surface area contributed by atoms with Crippen LogP contribution in [0.25, 0.3) is 0 Å². The van der Waals surface area contributed by atoms with Gasteiger partial charge in [0.2, 0.25) is 0 Å². The number of nitrogens with zero attached hydrogens (tertiary/aromatic N) is 1. The molecular weight excluding hydrogens is 285 g/mol. The minimum absolute atomic E-state index is 0.268. The van der Waals surface area contributed by atoms with Crippen molar-refractivity contribution in [3.8, 4) is 0 Å². The normalized spacial score (nSPS) is 10.4. The summed E-state index contributed by atoms with van der Waals surface area (Å²) in [6.45, 7) is 0. The van der Waals surface area contributed by atoms with Crippen LogP contribution in [-0.2, 0) is 0 Å². The minimum atomic E-state index is 0.268. The van der Waals surface area contributed by atoms with E-state index in [1.807, 2.05) is 30.3 Å². The Morgan fingerprint density at radius 2 is 1.62 bits per heavy atom. The second-order valence-electron chi connectivity index (χ2n) is 2.96. The average molecular weight is 291 g/mol. The van der Waals surface area contributed by atoms with E-state index in [0.29, 0.717) is 15.1 Å². The minimum Gasteiger partial charge on any atom is -0.226 e. The quantitative estimate of drug-likeness (QED) is 0.706. The summed E-state index contributed by atoms with van der Waals surface area (Å²) < 4.78 is 0. The predicted octanol–water partition coefficient (Wildman–Crippen LogP) is 5.19. The third-order valence-corrected chi connectivity index (χ3v) is 3.90. The van der Waals surface area contributed by atoms with Gasteiger partial charge in [0.15, 0.2) is 0 Å². The van der Waals surface area contributed by atoms with Gasteiger partial charge in [-0.05, 0) is 18.2 Å². The molecule has 0 spiro atoms. The lowest BCUT2D eigenvalue weighted by Gasteiger charge is -2.04. The lowest BCUT2D eigenvalue weighted by atomic mass is 10.4. The zero-order valence-electron chi connectivity index (χ0n) is 7.95. The van der Waals surface area contributed by atoms with E-state index in [1.54, 1.807) is 6.07 Å². The van der Waals surface area contributed by atoms with Gasteiger partial charge in [-0.2, -0.15) is 0 Å². The molecule has 1 aromatic carbocycles. The SMILES string of the molecule is Clc1cc(Cl)c(Sc2ccccc2)nc1Cl. The maximum atomic E-state index is 6.02. The van der Waals surface area contributed by atoms with E-state index < -0.39 is 0 Å². The summed E-state index contributed by atoms with van der Waals surface area (Å²) in [5.74, 6) is 0. The van der Waals surface area contributed by atoms with Gasteiger partial charge in [0.05, 0.1) is 10.0 Å². The molecule has 5 heteroatoms. The first-order valence-electron chi connectivity index (χ1n) is 4.41. The number of hydrogen-bond acceptors (Lipinski definition) is 2. The lowest BCUT2D eigenvalue weighted by molar-refractivity contribution is 1.13. The molecule has 1 heterocycles. The predicted molar refractivity (Wildman–Crippen MR) is 69.8 cm³/mol. The fraction of sp³-hybridized carbons (Fsp3) is 0.